The molecule has 0 radical (unpaired) electrons. The summed E-state index contributed by atoms with van der Waals surface area (Å²) in [5, 5.41) is 12.4. The molecular weight excluding hydrogens is 414 g/mol. The van der Waals surface area contributed by atoms with Crippen LogP contribution in [0.1, 0.15) is 33.6 Å². The zero-order valence-corrected chi connectivity index (χ0v) is 17.4. The van der Waals surface area contributed by atoms with Crippen molar-refractivity contribution in [3.05, 3.63) is 88.5 Å². The van der Waals surface area contributed by atoms with Crippen molar-refractivity contribution in [2.45, 2.75) is 25.6 Å². The Kier molecular flexibility index (Phi) is 6.01. The zero-order chi connectivity index (χ0) is 21.8. The first kappa shape index (κ1) is 20.6. The monoisotopic (exact) mass is 433 g/mol. The smallest absolute Gasteiger partial charge is 0.273 e. The van der Waals surface area contributed by atoms with Gasteiger partial charge in [-0.05, 0) is 41.8 Å². The third kappa shape index (κ3) is 4.60. The molecule has 1 aromatic heterocycles. The van der Waals surface area contributed by atoms with E-state index in [1.54, 1.807) is 40.1 Å². The molecule has 1 aliphatic heterocycles. The molecule has 0 bridgehead atoms. The number of hydrogen-bond donors (Lipinski definition) is 1. The molecular formula is C23H20ClN5O2. The molecule has 8 heteroatoms. The van der Waals surface area contributed by atoms with Crippen molar-refractivity contribution < 1.29 is 9.59 Å². The number of carbonyl (C=O) groups is 2. The Labute approximate surface area is 184 Å². The minimum absolute atomic E-state index is 0.159. The molecule has 2 heterocycles. The number of imidazole rings is 1. The van der Waals surface area contributed by atoms with Gasteiger partial charge in [0.1, 0.15) is 11.7 Å². The highest BCUT2D eigenvalue weighted by Gasteiger charge is 2.35. The van der Waals surface area contributed by atoms with E-state index in [0.717, 1.165) is 11.1 Å². The summed E-state index contributed by atoms with van der Waals surface area (Å²) >= 11 is 6.12. The topological polar surface area (TPSA) is 91.0 Å². The van der Waals surface area contributed by atoms with Crippen molar-refractivity contribution in [3.63, 3.8) is 0 Å². The molecule has 1 fully saturated rings. The number of nitrogens with one attached hydrogen (secondary N) is 1. The Hall–Kier alpha value is -3.63. The molecule has 2 aromatic carbocycles. The van der Waals surface area contributed by atoms with Gasteiger partial charge < -0.3 is 14.8 Å². The van der Waals surface area contributed by atoms with Crippen LogP contribution in [-0.4, -0.2) is 38.9 Å². The lowest BCUT2D eigenvalue weighted by molar-refractivity contribution is -0.123. The van der Waals surface area contributed by atoms with Crippen LogP contribution in [0.15, 0.2) is 61.1 Å². The second-order valence-corrected chi connectivity index (χ2v) is 7.81. The molecule has 1 unspecified atom stereocenters. The number of rotatable bonds is 6. The van der Waals surface area contributed by atoms with Crippen molar-refractivity contribution in [1.82, 2.24) is 19.8 Å². The highest BCUT2D eigenvalue weighted by Crippen LogP contribution is 2.20. The van der Waals surface area contributed by atoms with Gasteiger partial charge in [0.15, 0.2) is 0 Å². The second kappa shape index (κ2) is 9.02. The van der Waals surface area contributed by atoms with Gasteiger partial charge in [-0.2, -0.15) is 5.26 Å². The number of benzene rings is 2. The second-order valence-electron chi connectivity index (χ2n) is 7.37. The van der Waals surface area contributed by atoms with Crippen molar-refractivity contribution >= 4 is 23.4 Å². The molecule has 4 rings (SSSR count). The van der Waals surface area contributed by atoms with Crippen molar-refractivity contribution in [1.29, 1.82) is 5.26 Å². The van der Waals surface area contributed by atoms with Crippen LogP contribution < -0.4 is 5.32 Å². The summed E-state index contributed by atoms with van der Waals surface area (Å²) in [6.45, 7) is 1.22. The van der Waals surface area contributed by atoms with Crippen LogP contribution in [0.2, 0.25) is 5.02 Å². The average Bonchev–Trinajstić information content (AvgIpc) is 3.41. The van der Waals surface area contributed by atoms with Crippen molar-refractivity contribution in [2.24, 2.45) is 0 Å². The molecule has 0 aliphatic carbocycles. The molecule has 1 aliphatic rings. The summed E-state index contributed by atoms with van der Waals surface area (Å²) in [5.74, 6) is -0.429. The maximum Gasteiger partial charge on any atom is 0.273 e. The first-order valence-electron chi connectivity index (χ1n) is 9.87. The van der Waals surface area contributed by atoms with Gasteiger partial charge in [-0.1, -0.05) is 35.9 Å². The first-order chi connectivity index (χ1) is 15.0. The molecule has 156 valence electrons. The van der Waals surface area contributed by atoms with Gasteiger partial charge in [-0.15, -0.1) is 0 Å². The van der Waals surface area contributed by atoms with Crippen molar-refractivity contribution in [3.8, 4) is 6.07 Å². The molecule has 1 N–H and O–H groups in total. The number of carbonyl (C=O) groups excluding carboxylic acids is 2. The quantitative estimate of drug-likeness (QED) is 0.647. The summed E-state index contributed by atoms with van der Waals surface area (Å²) in [4.78, 5) is 31.7. The summed E-state index contributed by atoms with van der Waals surface area (Å²) in [5.41, 5.74) is 2.75. The maximum absolute atomic E-state index is 13.5. The summed E-state index contributed by atoms with van der Waals surface area (Å²) in [7, 11) is 0. The van der Waals surface area contributed by atoms with Crippen LogP contribution in [-0.2, 0) is 17.9 Å². The Balaban J connectivity index is 1.62. The van der Waals surface area contributed by atoms with Crippen LogP contribution >= 0.6 is 11.6 Å². The summed E-state index contributed by atoms with van der Waals surface area (Å²) in [6, 6.07) is 16.0. The van der Waals surface area contributed by atoms with E-state index in [-0.39, 0.29) is 18.4 Å². The van der Waals surface area contributed by atoms with Gasteiger partial charge in [-0.25, -0.2) is 4.98 Å². The molecule has 0 spiro atoms. The minimum Gasteiger partial charge on any atom is -0.354 e. The molecule has 0 saturated carbocycles. The van der Waals surface area contributed by atoms with E-state index in [1.165, 1.54) is 6.20 Å². The number of amides is 2. The number of halogens is 1. The highest BCUT2D eigenvalue weighted by atomic mass is 35.5. The van der Waals surface area contributed by atoms with Crippen LogP contribution in [0.4, 0.5) is 0 Å². The van der Waals surface area contributed by atoms with Gasteiger partial charge >= 0.3 is 0 Å². The van der Waals surface area contributed by atoms with Crippen LogP contribution in [0, 0.1) is 11.3 Å². The summed E-state index contributed by atoms with van der Waals surface area (Å²) < 4.78 is 1.75. The molecule has 3 aromatic rings. The summed E-state index contributed by atoms with van der Waals surface area (Å²) in [6.07, 6.45) is 3.66. The van der Waals surface area contributed by atoms with E-state index in [2.05, 4.69) is 16.4 Å². The fraction of sp³-hybridized carbons (Fsp3) is 0.217. The maximum atomic E-state index is 13.5. The number of aromatic nitrogens is 2. The number of hydrogen-bond acceptors (Lipinski definition) is 4. The highest BCUT2D eigenvalue weighted by molar-refractivity contribution is 6.30. The lowest BCUT2D eigenvalue weighted by atomic mass is 10.1. The van der Waals surface area contributed by atoms with Crippen LogP contribution in [0.5, 0.6) is 0 Å². The normalized spacial score (nSPS) is 15.4. The fourth-order valence-corrected chi connectivity index (χ4v) is 3.90. The van der Waals surface area contributed by atoms with E-state index in [0.29, 0.717) is 35.8 Å². The third-order valence-corrected chi connectivity index (χ3v) is 5.50. The van der Waals surface area contributed by atoms with Crippen LogP contribution in [0.25, 0.3) is 0 Å². The average molecular weight is 434 g/mol. The lowest BCUT2D eigenvalue weighted by Crippen LogP contribution is -2.44. The molecule has 7 nitrogen and oxygen atoms in total. The van der Waals surface area contributed by atoms with E-state index in [1.807, 2.05) is 24.3 Å². The van der Waals surface area contributed by atoms with E-state index in [4.69, 9.17) is 16.9 Å². The van der Waals surface area contributed by atoms with E-state index >= 15 is 0 Å². The zero-order valence-electron chi connectivity index (χ0n) is 16.7. The van der Waals surface area contributed by atoms with Gasteiger partial charge in [0.2, 0.25) is 5.91 Å². The minimum atomic E-state index is -0.551. The standard InChI is InChI=1S/C23H20ClN5O2/c24-19-3-1-2-18(10-19)14-29(20-8-9-27-22(20)30)23(31)21-12-26-15-28(21)13-17-6-4-16(11-25)5-7-17/h1-7,10,12,15,20H,8-9,13-14H2,(H,27,30). The SMILES string of the molecule is N#Cc1ccc(Cn2cncc2C(=O)N(Cc2cccc(Cl)c2)C2CCNC2=O)cc1. The predicted molar refractivity (Wildman–Crippen MR) is 115 cm³/mol. The molecule has 31 heavy (non-hydrogen) atoms. The Morgan fingerprint density at radius 2 is 2.06 bits per heavy atom. The Morgan fingerprint density at radius 3 is 2.74 bits per heavy atom. The van der Waals surface area contributed by atoms with Gasteiger partial charge in [0, 0.05) is 24.7 Å². The van der Waals surface area contributed by atoms with Gasteiger partial charge in [0.05, 0.1) is 24.2 Å². The third-order valence-electron chi connectivity index (χ3n) is 5.27. The van der Waals surface area contributed by atoms with Crippen LogP contribution in [0.3, 0.4) is 0 Å². The fourth-order valence-electron chi connectivity index (χ4n) is 3.69. The predicted octanol–water partition coefficient (Wildman–Crippen LogP) is 2.99. The first-order valence-corrected chi connectivity index (χ1v) is 10.3. The number of nitriles is 1. The molecule has 1 atom stereocenters. The Morgan fingerprint density at radius 1 is 1.26 bits per heavy atom. The van der Waals surface area contributed by atoms with Crippen molar-refractivity contribution in [2.75, 3.05) is 6.54 Å². The largest absolute Gasteiger partial charge is 0.354 e. The van der Waals surface area contributed by atoms with Gasteiger partial charge in [0.25, 0.3) is 5.91 Å². The molecule has 1 saturated heterocycles. The molecule has 2 amide bonds. The Bertz CT molecular complexity index is 1150. The lowest BCUT2D eigenvalue weighted by Gasteiger charge is -2.27. The van der Waals surface area contributed by atoms with E-state index < -0.39 is 6.04 Å². The number of nitrogens with zero attached hydrogens (tertiary/aromatic N) is 4. The van der Waals surface area contributed by atoms with E-state index in [9.17, 15) is 9.59 Å². The van der Waals surface area contributed by atoms with Gasteiger partial charge in [-0.3, -0.25) is 9.59 Å².